The highest BCUT2D eigenvalue weighted by Gasteiger charge is 2.28. The van der Waals surface area contributed by atoms with Gasteiger partial charge in [0.25, 0.3) is 0 Å². The first-order valence-corrected chi connectivity index (χ1v) is 8.13. The quantitative estimate of drug-likeness (QED) is 0.485. The fourth-order valence-electron chi connectivity index (χ4n) is 2.51. The molecule has 1 aromatic rings. The Morgan fingerprint density at radius 1 is 1.12 bits per heavy atom. The van der Waals surface area contributed by atoms with E-state index in [0.29, 0.717) is 18.3 Å². The summed E-state index contributed by atoms with van der Waals surface area (Å²) in [6.45, 7) is 5.29. The van der Waals surface area contributed by atoms with E-state index in [2.05, 4.69) is 4.98 Å². The van der Waals surface area contributed by atoms with E-state index >= 15 is 0 Å². The van der Waals surface area contributed by atoms with Gasteiger partial charge in [-0.1, -0.05) is 6.92 Å². The molecule has 0 bridgehead atoms. The number of carbonyl (C=O) groups excluding carboxylic acids is 3. The molecule has 25 heavy (non-hydrogen) atoms. The second-order valence-corrected chi connectivity index (χ2v) is 5.34. The van der Waals surface area contributed by atoms with Crippen LogP contribution in [0.4, 0.5) is 0 Å². The van der Waals surface area contributed by atoms with Gasteiger partial charge in [-0.25, -0.2) is 4.79 Å². The largest absolute Gasteiger partial charge is 0.481 e. The lowest BCUT2D eigenvalue weighted by molar-refractivity contribution is -0.142. The number of ether oxygens (including phenoxy) is 2. The second kappa shape index (κ2) is 9.61. The van der Waals surface area contributed by atoms with Crippen LogP contribution in [0.25, 0.3) is 0 Å². The standard InChI is InChI=1S/C17H23NO7/c1-4-10(16(21)22)7-12-11(8-14(20)24-5-2)13(9-19)18-15(12)17(23)25-6-3/h9-10,18H,4-8H2,1-3H3,(H,21,22). The van der Waals surface area contributed by atoms with Crippen molar-refractivity contribution in [1.29, 1.82) is 0 Å². The molecule has 1 atom stereocenters. The fourth-order valence-corrected chi connectivity index (χ4v) is 2.51. The summed E-state index contributed by atoms with van der Waals surface area (Å²) >= 11 is 0. The average Bonchev–Trinajstić information content (AvgIpc) is 2.90. The molecular weight excluding hydrogens is 330 g/mol. The number of aldehydes is 1. The fraction of sp³-hybridized carbons (Fsp3) is 0.529. The Kier molecular flexibility index (Phi) is 7.84. The van der Waals surface area contributed by atoms with Crippen molar-refractivity contribution in [3.63, 3.8) is 0 Å². The Morgan fingerprint density at radius 3 is 2.24 bits per heavy atom. The Labute approximate surface area is 145 Å². The van der Waals surface area contributed by atoms with Crippen LogP contribution in [0, 0.1) is 5.92 Å². The predicted molar refractivity (Wildman–Crippen MR) is 87.6 cm³/mol. The molecule has 1 rings (SSSR count). The van der Waals surface area contributed by atoms with E-state index in [1.54, 1.807) is 20.8 Å². The molecule has 8 nitrogen and oxygen atoms in total. The molecule has 0 radical (unpaired) electrons. The molecule has 0 aromatic carbocycles. The van der Waals surface area contributed by atoms with Gasteiger partial charge in [0.1, 0.15) is 5.69 Å². The van der Waals surface area contributed by atoms with Crippen molar-refractivity contribution in [3.8, 4) is 0 Å². The number of carbonyl (C=O) groups is 4. The minimum absolute atomic E-state index is 0.000933. The third-order valence-electron chi connectivity index (χ3n) is 3.77. The van der Waals surface area contributed by atoms with Gasteiger partial charge in [0.15, 0.2) is 6.29 Å². The zero-order chi connectivity index (χ0) is 19.0. The van der Waals surface area contributed by atoms with Crippen LogP contribution in [0.5, 0.6) is 0 Å². The lowest BCUT2D eigenvalue weighted by atomic mass is 9.92. The molecule has 0 fully saturated rings. The first-order valence-electron chi connectivity index (χ1n) is 8.13. The maximum absolute atomic E-state index is 12.2. The number of aromatic nitrogens is 1. The molecular formula is C17H23NO7. The number of hydrogen-bond donors (Lipinski definition) is 2. The number of rotatable bonds is 10. The highest BCUT2D eigenvalue weighted by Crippen LogP contribution is 2.25. The third kappa shape index (κ3) is 5.17. The van der Waals surface area contributed by atoms with Crippen LogP contribution in [-0.4, -0.2) is 47.5 Å². The summed E-state index contributed by atoms with van der Waals surface area (Å²) < 4.78 is 9.85. The molecule has 0 aliphatic rings. The SMILES string of the molecule is CCOC(=O)Cc1c(C=O)[nH]c(C(=O)OCC)c1CC(CC)C(=O)O. The van der Waals surface area contributed by atoms with Crippen LogP contribution in [-0.2, 0) is 31.9 Å². The number of esters is 2. The van der Waals surface area contributed by atoms with Crippen LogP contribution in [0.15, 0.2) is 0 Å². The zero-order valence-electron chi connectivity index (χ0n) is 14.6. The topological polar surface area (TPSA) is 123 Å². The highest BCUT2D eigenvalue weighted by molar-refractivity contribution is 5.93. The summed E-state index contributed by atoms with van der Waals surface area (Å²) in [5.41, 5.74) is 0.633. The van der Waals surface area contributed by atoms with Crippen molar-refractivity contribution in [2.24, 2.45) is 5.92 Å². The predicted octanol–water partition coefficient (Wildman–Crippen LogP) is 1.76. The number of aromatic amines is 1. The van der Waals surface area contributed by atoms with E-state index in [0.717, 1.165) is 0 Å². The average molecular weight is 353 g/mol. The van der Waals surface area contributed by atoms with Gasteiger partial charge in [0.2, 0.25) is 0 Å². The van der Waals surface area contributed by atoms with Crippen LogP contribution in [0.1, 0.15) is 59.3 Å². The summed E-state index contributed by atoms with van der Waals surface area (Å²) in [5, 5.41) is 9.30. The van der Waals surface area contributed by atoms with Crippen molar-refractivity contribution in [1.82, 2.24) is 4.98 Å². The molecule has 0 aliphatic carbocycles. The normalized spacial score (nSPS) is 11.6. The summed E-state index contributed by atoms with van der Waals surface area (Å²) in [7, 11) is 0. The van der Waals surface area contributed by atoms with Crippen LogP contribution in [0.3, 0.4) is 0 Å². The zero-order valence-corrected chi connectivity index (χ0v) is 14.6. The van der Waals surface area contributed by atoms with Crippen molar-refractivity contribution < 1.29 is 33.8 Å². The second-order valence-electron chi connectivity index (χ2n) is 5.34. The van der Waals surface area contributed by atoms with Crippen molar-refractivity contribution >= 4 is 24.2 Å². The van der Waals surface area contributed by atoms with Crippen molar-refractivity contribution in [2.75, 3.05) is 13.2 Å². The van der Waals surface area contributed by atoms with Gasteiger partial charge in [0.05, 0.1) is 31.2 Å². The Bertz CT molecular complexity index is 648. The van der Waals surface area contributed by atoms with E-state index < -0.39 is 23.8 Å². The van der Waals surface area contributed by atoms with E-state index in [1.165, 1.54) is 0 Å². The molecule has 0 amide bonds. The minimum Gasteiger partial charge on any atom is -0.481 e. The molecule has 0 spiro atoms. The third-order valence-corrected chi connectivity index (χ3v) is 3.77. The van der Waals surface area contributed by atoms with E-state index in [-0.39, 0.29) is 43.0 Å². The van der Waals surface area contributed by atoms with Crippen molar-refractivity contribution in [3.05, 3.63) is 22.5 Å². The summed E-state index contributed by atoms with van der Waals surface area (Å²) in [5.74, 6) is -3.04. The monoisotopic (exact) mass is 353 g/mol. The van der Waals surface area contributed by atoms with Gasteiger partial charge < -0.3 is 19.6 Å². The van der Waals surface area contributed by atoms with Gasteiger partial charge in [-0.05, 0) is 37.8 Å². The van der Waals surface area contributed by atoms with E-state index in [9.17, 15) is 24.3 Å². The highest BCUT2D eigenvalue weighted by atomic mass is 16.5. The lowest BCUT2D eigenvalue weighted by Crippen LogP contribution is -2.19. The van der Waals surface area contributed by atoms with Crippen molar-refractivity contribution in [2.45, 2.75) is 40.0 Å². The molecule has 8 heteroatoms. The van der Waals surface area contributed by atoms with E-state index in [4.69, 9.17) is 9.47 Å². The molecule has 1 aromatic heterocycles. The number of hydrogen-bond acceptors (Lipinski definition) is 6. The molecule has 0 aliphatic heterocycles. The van der Waals surface area contributed by atoms with Crippen LogP contribution < -0.4 is 0 Å². The number of carboxylic acid groups (broad SMARTS) is 1. The molecule has 138 valence electrons. The van der Waals surface area contributed by atoms with Gasteiger partial charge in [-0.2, -0.15) is 0 Å². The minimum atomic E-state index is -1.02. The molecule has 1 unspecified atom stereocenters. The maximum atomic E-state index is 12.2. The smallest absolute Gasteiger partial charge is 0.355 e. The maximum Gasteiger partial charge on any atom is 0.355 e. The van der Waals surface area contributed by atoms with Gasteiger partial charge in [-0.15, -0.1) is 0 Å². The van der Waals surface area contributed by atoms with Crippen LogP contribution in [0.2, 0.25) is 0 Å². The molecule has 0 saturated carbocycles. The first-order chi connectivity index (χ1) is 11.9. The number of aliphatic carboxylic acids is 1. The van der Waals surface area contributed by atoms with Gasteiger partial charge >= 0.3 is 17.9 Å². The lowest BCUT2D eigenvalue weighted by Gasteiger charge is -2.12. The number of H-pyrrole nitrogens is 1. The Hall–Kier alpha value is -2.64. The summed E-state index contributed by atoms with van der Waals surface area (Å²) in [4.78, 5) is 49.4. The van der Waals surface area contributed by atoms with Gasteiger partial charge in [0, 0.05) is 0 Å². The summed E-state index contributed by atoms with van der Waals surface area (Å²) in [6, 6.07) is 0. The van der Waals surface area contributed by atoms with Crippen LogP contribution >= 0.6 is 0 Å². The molecule has 2 N–H and O–H groups in total. The number of carboxylic acids is 1. The Balaban J connectivity index is 3.39. The van der Waals surface area contributed by atoms with Gasteiger partial charge in [-0.3, -0.25) is 14.4 Å². The summed E-state index contributed by atoms with van der Waals surface area (Å²) in [6.07, 6.45) is 0.586. The number of nitrogens with one attached hydrogen (secondary N) is 1. The first kappa shape index (κ1) is 20.4. The van der Waals surface area contributed by atoms with E-state index in [1.807, 2.05) is 0 Å². The molecule has 0 saturated heterocycles. The molecule has 1 heterocycles. The Morgan fingerprint density at radius 2 is 1.76 bits per heavy atom.